The SMILES string of the molecule is O=C(c1ccco1)N1CCC[C@@H](c2ccnc(-c3cccnc3)n2)C1. The van der Waals surface area contributed by atoms with Gasteiger partial charge in [0.1, 0.15) is 0 Å². The number of nitrogens with zero attached hydrogens (tertiary/aromatic N) is 4. The van der Waals surface area contributed by atoms with E-state index in [-0.39, 0.29) is 11.8 Å². The molecule has 1 aliphatic rings. The van der Waals surface area contributed by atoms with E-state index in [0.29, 0.717) is 18.1 Å². The minimum atomic E-state index is -0.0590. The number of carbonyl (C=O) groups excluding carboxylic acids is 1. The van der Waals surface area contributed by atoms with Crippen LogP contribution in [0.4, 0.5) is 0 Å². The van der Waals surface area contributed by atoms with Crippen LogP contribution in [0.25, 0.3) is 11.4 Å². The number of aromatic nitrogens is 3. The number of amides is 1. The molecule has 0 aromatic carbocycles. The lowest BCUT2D eigenvalue weighted by Gasteiger charge is -2.32. The monoisotopic (exact) mass is 334 g/mol. The smallest absolute Gasteiger partial charge is 0.289 e. The predicted molar refractivity (Wildman–Crippen MR) is 91.8 cm³/mol. The molecule has 0 radical (unpaired) electrons. The number of piperidine rings is 1. The highest BCUT2D eigenvalue weighted by Crippen LogP contribution is 2.27. The van der Waals surface area contributed by atoms with Crippen LogP contribution in [0.1, 0.15) is 35.0 Å². The van der Waals surface area contributed by atoms with Gasteiger partial charge in [0.15, 0.2) is 11.6 Å². The Bertz CT molecular complexity index is 849. The fourth-order valence-electron chi connectivity index (χ4n) is 3.19. The molecule has 4 rings (SSSR count). The van der Waals surface area contributed by atoms with Crippen LogP contribution in [0.3, 0.4) is 0 Å². The molecule has 1 atom stereocenters. The first kappa shape index (κ1) is 15.5. The fourth-order valence-corrected chi connectivity index (χ4v) is 3.19. The second kappa shape index (κ2) is 6.84. The molecule has 3 aromatic rings. The van der Waals surface area contributed by atoms with E-state index < -0.39 is 0 Å². The van der Waals surface area contributed by atoms with Crippen molar-refractivity contribution in [2.24, 2.45) is 0 Å². The lowest BCUT2D eigenvalue weighted by Crippen LogP contribution is -2.39. The first-order valence-corrected chi connectivity index (χ1v) is 8.37. The van der Waals surface area contributed by atoms with Gasteiger partial charge in [-0.1, -0.05) is 0 Å². The van der Waals surface area contributed by atoms with Crippen LogP contribution in [-0.4, -0.2) is 38.8 Å². The van der Waals surface area contributed by atoms with Crippen molar-refractivity contribution in [3.8, 4) is 11.4 Å². The molecule has 6 nitrogen and oxygen atoms in total. The van der Waals surface area contributed by atoms with Crippen molar-refractivity contribution in [1.82, 2.24) is 19.9 Å². The standard InChI is InChI=1S/C19H18N4O2/c24-19(17-6-3-11-25-17)23-10-2-5-15(13-23)16-7-9-21-18(22-16)14-4-1-8-20-12-14/h1,3-4,6-9,11-12,15H,2,5,10,13H2/t15-/m1/s1. The normalized spacial score (nSPS) is 17.4. The van der Waals surface area contributed by atoms with Crippen LogP contribution < -0.4 is 0 Å². The Hall–Kier alpha value is -3.02. The van der Waals surface area contributed by atoms with Crippen LogP contribution in [0.15, 0.2) is 59.6 Å². The highest BCUT2D eigenvalue weighted by atomic mass is 16.3. The molecule has 0 aliphatic carbocycles. The summed E-state index contributed by atoms with van der Waals surface area (Å²) in [6, 6.07) is 9.19. The van der Waals surface area contributed by atoms with Gasteiger partial charge in [-0.3, -0.25) is 9.78 Å². The van der Waals surface area contributed by atoms with Gasteiger partial charge in [-0.05, 0) is 43.2 Å². The fraction of sp³-hybridized carbons (Fsp3) is 0.263. The lowest BCUT2D eigenvalue weighted by molar-refractivity contribution is 0.0673. The number of hydrogen-bond donors (Lipinski definition) is 0. The van der Waals surface area contributed by atoms with Gasteiger partial charge in [-0.2, -0.15) is 0 Å². The first-order chi connectivity index (χ1) is 12.3. The van der Waals surface area contributed by atoms with Gasteiger partial charge in [0.2, 0.25) is 0 Å². The Morgan fingerprint density at radius 3 is 2.96 bits per heavy atom. The van der Waals surface area contributed by atoms with Crippen LogP contribution in [-0.2, 0) is 0 Å². The summed E-state index contributed by atoms with van der Waals surface area (Å²) in [4.78, 5) is 27.6. The van der Waals surface area contributed by atoms with Gasteiger partial charge >= 0.3 is 0 Å². The Morgan fingerprint density at radius 1 is 1.20 bits per heavy atom. The van der Waals surface area contributed by atoms with Gasteiger partial charge in [0.05, 0.1) is 6.26 Å². The number of hydrogen-bond acceptors (Lipinski definition) is 5. The third-order valence-corrected chi connectivity index (χ3v) is 4.46. The molecule has 3 aromatic heterocycles. The molecule has 1 aliphatic heterocycles. The molecule has 0 bridgehead atoms. The van der Waals surface area contributed by atoms with Crippen molar-refractivity contribution in [3.05, 3.63) is 66.6 Å². The van der Waals surface area contributed by atoms with Crippen molar-refractivity contribution in [3.63, 3.8) is 0 Å². The number of carbonyl (C=O) groups is 1. The van der Waals surface area contributed by atoms with Crippen LogP contribution in [0, 0.1) is 0 Å². The summed E-state index contributed by atoms with van der Waals surface area (Å²) in [6.45, 7) is 1.39. The van der Waals surface area contributed by atoms with Crippen LogP contribution >= 0.6 is 0 Å². The average molecular weight is 334 g/mol. The Labute approximate surface area is 145 Å². The van der Waals surface area contributed by atoms with E-state index in [2.05, 4.69) is 9.97 Å². The highest BCUT2D eigenvalue weighted by molar-refractivity contribution is 5.91. The zero-order valence-corrected chi connectivity index (χ0v) is 13.7. The van der Waals surface area contributed by atoms with E-state index in [9.17, 15) is 4.79 Å². The van der Waals surface area contributed by atoms with Crippen molar-refractivity contribution < 1.29 is 9.21 Å². The number of rotatable bonds is 3. The van der Waals surface area contributed by atoms with E-state index >= 15 is 0 Å². The van der Waals surface area contributed by atoms with Crippen LogP contribution in [0.5, 0.6) is 0 Å². The molecular weight excluding hydrogens is 316 g/mol. The Kier molecular flexibility index (Phi) is 4.24. The maximum atomic E-state index is 12.5. The molecule has 0 unspecified atom stereocenters. The molecular formula is C19H18N4O2. The van der Waals surface area contributed by atoms with Crippen molar-refractivity contribution in [2.45, 2.75) is 18.8 Å². The third-order valence-electron chi connectivity index (χ3n) is 4.46. The number of likely N-dealkylation sites (tertiary alicyclic amines) is 1. The molecule has 1 fully saturated rings. The third kappa shape index (κ3) is 3.28. The van der Waals surface area contributed by atoms with Crippen molar-refractivity contribution in [2.75, 3.05) is 13.1 Å². The predicted octanol–water partition coefficient (Wildman–Crippen LogP) is 3.15. The Balaban J connectivity index is 1.55. The number of pyridine rings is 1. The van der Waals surface area contributed by atoms with E-state index in [0.717, 1.165) is 30.6 Å². The van der Waals surface area contributed by atoms with Crippen LogP contribution in [0.2, 0.25) is 0 Å². The molecule has 6 heteroatoms. The largest absolute Gasteiger partial charge is 0.459 e. The lowest BCUT2D eigenvalue weighted by atomic mass is 9.94. The minimum absolute atomic E-state index is 0.0590. The summed E-state index contributed by atoms with van der Waals surface area (Å²) in [6.07, 6.45) is 8.74. The Morgan fingerprint density at radius 2 is 2.16 bits per heavy atom. The molecule has 0 N–H and O–H groups in total. The minimum Gasteiger partial charge on any atom is -0.459 e. The summed E-state index contributed by atoms with van der Waals surface area (Å²) >= 11 is 0. The van der Waals surface area contributed by atoms with Gasteiger partial charge in [0.25, 0.3) is 5.91 Å². The summed E-state index contributed by atoms with van der Waals surface area (Å²) < 4.78 is 5.24. The summed E-state index contributed by atoms with van der Waals surface area (Å²) in [7, 11) is 0. The molecule has 4 heterocycles. The average Bonchev–Trinajstić information content (AvgIpc) is 3.23. The molecule has 25 heavy (non-hydrogen) atoms. The summed E-state index contributed by atoms with van der Waals surface area (Å²) in [5.74, 6) is 1.20. The van der Waals surface area contributed by atoms with Gasteiger partial charge < -0.3 is 9.32 Å². The molecule has 0 spiro atoms. The summed E-state index contributed by atoms with van der Waals surface area (Å²) in [5, 5.41) is 0. The molecule has 1 amide bonds. The zero-order valence-electron chi connectivity index (χ0n) is 13.7. The topological polar surface area (TPSA) is 72.1 Å². The maximum absolute atomic E-state index is 12.5. The van der Waals surface area contributed by atoms with Gasteiger partial charge in [-0.15, -0.1) is 0 Å². The first-order valence-electron chi connectivity index (χ1n) is 8.37. The second-order valence-electron chi connectivity index (χ2n) is 6.11. The van der Waals surface area contributed by atoms with Crippen molar-refractivity contribution >= 4 is 5.91 Å². The zero-order chi connectivity index (χ0) is 17.1. The van der Waals surface area contributed by atoms with Crippen molar-refractivity contribution in [1.29, 1.82) is 0 Å². The van der Waals surface area contributed by atoms with Gasteiger partial charge in [0, 0.05) is 48.9 Å². The molecule has 0 saturated carbocycles. The van der Waals surface area contributed by atoms with Gasteiger partial charge in [-0.25, -0.2) is 9.97 Å². The number of furan rings is 1. The van der Waals surface area contributed by atoms with E-state index in [4.69, 9.17) is 9.40 Å². The molecule has 1 saturated heterocycles. The maximum Gasteiger partial charge on any atom is 0.289 e. The van der Waals surface area contributed by atoms with E-state index in [1.54, 1.807) is 30.7 Å². The molecule has 126 valence electrons. The second-order valence-corrected chi connectivity index (χ2v) is 6.11. The quantitative estimate of drug-likeness (QED) is 0.736. The summed E-state index contributed by atoms with van der Waals surface area (Å²) in [5.41, 5.74) is 1.86. The van der Waals surface area contributed by atoms with E-state index in [1.807, 2.05) is 23.1 Å². The highest BCUT2D eigenvalue weighted by Gasteiger charge is 2.27. The van der Waals surface area contributed by atoms with E-state index in [1.165, 1.54) is 6.26 Å².